The summed E-state index contributed by atoms with van der Waals surface area (Å²) in [5, 5.41) is 16.4. The molecule has 0 saturated heterocycles. The van der Waals surface area contributed by atoms with Gasteiger partial charge in [0.2, 0.25) is 0 Å². The minimum absolute atomic E-state index is 0.0374. The Kier molecular flexibility index (Phi) is 6.84. The third-order valence-corrected chi connectivity index (χ3v) is 5.31. The van der Waals surface area contributed by atoms with Crippen LogP contribution in [0, 0.1) is 0 Å². The van der Waals surface area contributed by atoms with Gasteiger partial charge in [-0.25, -0.2) is 9.67 Å². The van der Waals surface area contributed by atoms with E-state index in [0.29, 0.717) is 4.80 Å². The maximum Gasteiger partial charge on any atom is 0.455 e. The van der Waals surface area contributed by atoms with Crippen LogP contribution in [0.15, 0.2) is 36.5 Å². The smallest absolute Gasteiger partial charge is 0.366 e. The van der Waals surface area contributed by atoms with E-state index in [1.807, 2.05) is 0 Å². The molecule has 0 saturated carbocycles. The van der Waals surface area contributed by atoms with Crippen molar-refractivity contribution in [3.8, 4) is 5.82 Å². The van der Waals surface area contributed by atoms with E-state index in [4.69, 9.17) is 40.5 Å². The third-order valence-electron chi connectivity index (χ3n) is 4.50. The van der Waals surface area contributed by atoms with Gasteiger partial charge in [-0.2, -0.15) is 23.1 Å². The second kappa shape index (κ2) is 9.72. The summed E-state index contributed by atoms with van der Waals surface area (Å²) >= 11 is 18.3. The van der Waals surface area contributed by atoms with E-state index in [1.165, 1.54) is 30.5 Å². The highest BCUT2D eigenvalue weighted by Crippen LogP contribution is 2.31. The Bertz CT molecular complexity index is 1490. The largest absolute Gasteiger partial charge is 0.455 e. The van der Waals surface area contributed by atoms with Crippen LogP contribution in [0.1, 0.15) is 32.4 Å². The number of hydrogen-bond acceptors (Lipinski definition) is 7. The maximum absolute atomic E-state index is 13.2. The van der Waals surface area contributed by atoms with Crippen molar-refractivity contribution in [3.63, 3.8) is 0 Å². The molecule has 0 radical (unpaired) electrons. The number of rotatable bonds is 6. The summed E-state index contributed by atoms with van der Waals surface area (Å²) in [6.07, 6.45) is -3.40. The van der Waals surface area contributed by atoms with Gasteiger partial charge in [-0.15, -0.1) is 10.2 Å². The molecule has 0 aliphatic rings. The summed E-state index contributed by atoms with van der Waals surface area (Å²) in [5.41, 5.74) is 5.00. The molecule has 2 amide bonds. The molecule has 0 unspecified atom stereocenters. The lowest BCUT2D eigenvalue weighted by Crippen LogP contribution is -2.21. The number of carbonyl (C=O) groups excluding carboxylic acids is 2. The highest BCUT2D eigenvalue weighted by molar-refractivity contribution is 6.38. The topological polar surface area (TPSA) is 146 Å². The van der Waals surface area contributed by atoms with Crippen LogP contribution in [-0.2, 0) is 12.7 Å². The lowest BCUT2D eigenvalue weighted by atomic mass is 10.1. The summed E-state index contributed by atoms with van der Waals surface area (Å²) in [4.78, 5) is 29.9. The molecule has 0 atom stereocenters. The zero-order valence-electron chi connectivity index (χ0n) is 17.5. The van der Waals surface area contributed by atoms with Crippen molar-refractivity contribution >= 4 is 52.3 Å². The van der Waals surface area contributed by atoms with Crippen LogP contribution in [0.25, 0.3) is 5.82 Å². The molecule has 4 aromatic rings. The van der Waals surface area contributed by atoms with Gasteiger partial charge in [-0.3, -0.25) is 9.59 Å². The Morgan fingerprint density at radius 1 is 1.08 bits per heavy atom. The third kappa shape index (κ3) is 5.24. The summed E-state index contributed by atoms with van der Waals surface area (Å²) in [5.74, 6) is -3.14. The van der Waals surface area contributed by atoms with E-state index >= 15 is 0 Å². The Morgan fingerprint density at radius 2 is 1.83 bits per heavy atom. The number of nitrogens with zero attached hydrogens (tertiary/aromatic N) is 7. The fraction of sp³-hybridized carbons (Fsp3) is 0.105. The van der Waals surface area contributed by atoms with Crippen LogP contribution >= 0.6 is 34.8 Å². The molecule has 0 bridgehead atoms. The molecule has 3 N–H and O–H groups in total. The average molecular weight is 561 g/mol. The van der Waals surface area contributed by atoms with Gasteiger partial charge in [0, 0.05) is 11.2 Å². The molecule has 186 valence electrons. The van der Waals surface area contributed by atoms with Crippen LogP contribution in [0.5, 0.6) is 0 Å². The van der Waals surface area contributed by atoms with E-state index in [2.05, 4.69) is 30.8 Å². The van der Waals surface area contributed by atoms with Gasteiger partial charge in [-0.1, -0.05) is 34.8 Å². The first-order valence-corrected chi connectivity index (χ1v) is 10.7. The number of hydrogen-bond donors (Lipinski definition) is 2. The Labute approximate surface area is 213 Å². The first-order valence-electron chi connectivity index (χ1n) is 9.59. The Hall–Kier alpha value is -3.75. The quantitative estimate of drug-likeness (QED) is 0.366. The van der Waals surface area contributed by atoms with E-state index in [9.17, 15) is 22.8 Å². The van der Waals surface area contributed by atoms with Crippen molar-refractivity contribution in [2.75, 3.05) is 5.32 Å². The van der Waals surface area contributed by atoms with Gasteiger partial charge in [0.1, 0.15) is 12.2 Å². The second-order valence-corrected chi connectivity index (χ2v) is 8.26. The zero-order chi connectivity index (χ0) is 26.2. The van der Waals surface area contributed by atoms with Crippen molar-refractivity contribution in [1.29, 1.82) is 0 Å². The molecule has 0 spiro atoms. The molecule has 0 aliphatic carbocycles. The molecule has 0 aliphatic heterocycles. The van der Waals surface area contributed by atoms with E-state index < -0.39 is 23.8 Å². The number of alkyl halides is 3. The number of anilines is 1. The molecule has 3 aromatic heterocycles. The highest BCUT2D eigenvalue weighted by atomic mass is 35.5. The average Bonchev–Trinajstić information content (AvgIpc) is 3.43. The summed E-state index contributed by atoms with van der Waals surface area (Å²) in [6.45, 7) is -0.380. The number of halogens is 6. The number of tetrazole rings is 1. The lowest BCUT2D eigenvalue weighted by Gasteiger charge is -2.12. The molecule has 1 aromatic carbocycles. The fourth-order valence-electron chi connectivity index (χ4n) is 3.00. The number of carbonyl (C=O) groups is 2. The van der Waals surface area contributed by atoms with Crippen LogP contribution in [0.4, 0.5) is 18.9 Å². The maximum atomic E-state index is 13.2. The van der Waals surface area contributed by atoms with E-state index in [-0.39, 0.29) is 50.1 Å². The van der Waals surface area contributed by atoms with Gasteiger partial charge >= 0.3 is 6.18 Å². The fourth-order valence-corrected chi connectivity index (χ4v) is 3.75. The van der Waals surface area contributed by atoms with Crippen LogP contribution in [0.3, 0.4) is 0 Å². The van der Waals surface area contributed by atoms with Crippen molar-refractivity contribution < 1.29 is 22.8 Å². The molecule has 36 heavy (non-hydrogen) atoms. The van der Waals surface area contributed by atoms with Crippen LogP contribution in [-0.4, -0.2) is 46.8 Å². The minimum Gasteiger partial charge on any atom is -0.366 e. The van der Waals surface area contributed by atoms with Crippen molar-refractivity contribution in [1.82, 2.24) is 35.0 Å². The van der Waals surface area contributed by atoms with E-state index in [0.717, 1.165) is 4.68 Å². The molecule has 4 rings (SSSR count). The molecule has 3 heterocycles. The lowest BCUT2D eigenvalue weighted by molar-refractivity contribution is -0.145. The predicted octanol–water partition coefficient (Wildman–Crippen LogP) is 3.63. The normalized spacial score (nSPS) is 11.5. The van der Waals surface area contributed by atoms with Gasteiger partial charge in [0.25, 0.3) is 17.6 Å². The summed E-state index contributed by atoms with van der Waals surface area (Å²) < 4.78 is 39.5. The van der Waals surface area contributed by atoms with Crippen LogP contribution < -0.4 is 11.1 Å². The number of nitrogens with one attached hydrogen (secondary N) is 1. The van der Waals surface area contributed by atoms with Crippen molar-refractivity contribution in [3.05, 3.63) is 74.4 Å². The summed E-state index contributed by atoms with van der Waals surface area (Å²) in [6, 6.07) is 6.78. The zero-order valence-corrected chi connectivity index (χ0v) is 19.7. The van der Waals surface area contributed by atoms with Crippen molar-refractivity contribution in [2.24, 2.45) is 5.73 Å². The standard InChI is InChI=1S/C19H11Cl3F3N9O2/c20-8-4-10(15(26)35)14(12(22)5-8)28-17(36)13-6-9(7-33-31-18(29-32-33)19(23,24)25)30-34(13)16-11(21)2-1-3-27-16/h1-6H,7H2,(H2,26,35)(H,28,36). The molecule has 0 fully saturated rings. The highest BCUT2D eigenvalue weighted by Gasteiger charge is 2.37. The predicted molar refractivity (Wildman–Crippen MR) is 121 cm³/mol. The number of nitrogens with two attached hydrogens (primary N) is 1. The molecular weight excluding hydrogens is 550 g/mol. The SMILES string of the molecule is NC(=O)c1cc(Cl)cc(Cl)c1NC(=O)c1cc(Cn2nnc(C(F)(F)F)n2)nn1-c1ncccc1Cl. The van der Waals surface area contributed by atoms with Gasteiger partial charge in [-0.05, 0) is 35.5 Å². The first kappa shape index (κ1) is 25.3. The summed E-state index contributed by atoms with van der Waals surface area (Å²) in [7, 11) is 0. The van der Waals surface area contributed by atoms with E-state index in [1.54, 1.807) is 6.07 Å². The number of pyridine rings is 1. The Balaban J connectivity index is 1.75. The minimum atomic E-state index is -4.79. The van der Waals surface area contributed by atoms with Gasteiger partial charge < -0.3 is 11.1 Å². The van der Waals surface area contributed by atoms with Gasteiger partial charge in [0.05, 0.1) is 27.0 Å². The van der Waals surface area contributed by atoms with Crippen LogP contribution in [0.2, 0.25) is 15.1 Å². The molecule has 17 heteroatoms. The molecular formula is C19H11Cl3F3N9O2. The number of amides is 2. The van der Waals surface area contributed by atoms with Crippen molar-refractivity contribution in [2.45, 2.75) is 12.7 Å². The monoisotopic (exact) mass is 559 g/mol. The number of aromatic nitrogens is 7. The Morgan fingerprint density at radius 3 is 2.47 bits per heavy atom. The first-order chi connectivity index (χ1) is 16.9. The number of primary amides is 1. The second-order valence-electron chi connectivity index (χ2n) is 7.01. The van der Waals surface area contributed by atoms with Gasteiger partial charge in [0.15, 0.2) is 5.82 Å². The number of benzene rings is 1. The molecule has 11 nitrogen and oxygen atoms in total.